The predicted molar refractivity (Wildman–Crippen MR) is 229 cm³/mol. The van der Waals surface area contributed by atoms with Crippen LogP contribution >= 0.6 is 0 Å². The maximum absolute atomic E-state index is 11.4. The van der Waals surface area contributed by atoms with Gasteiger partial charge in [0.2, 0.25) is 0 Å². The minimum atomic E-state index is -2.36. The number of phenols is 1. The zero-order chi connectivity index (χ0) is 45.3. The molecule has 0 aliphatic carbocycles. The molecule has 1 N–H and O–H groups in total. The molecule has 8 aromatic rings. The van der Waals surface area contributed by atoms with E-state index in [1.165, 1.54) is 0 Å². The number of phenolic OH excluding ortho intramolecular Hbond substituents is 1. The summed E-state index contributed by atoms with van der Waals surface area (Å²) in [4.78, 5) is 10.00. The van der Waals surface area contributed by atoms with Crippen LogP contribution < -0.4 is 0 Å². The fourth-order valence-corrected chi connectivity index (χ4v) is 6.93. The van der Waals surface area contributed by atoms with Gasteiger partial charge in [0.15, 0.2) is 0 Å². The molecule has 0 saturated heterocycles. The van der Waals surface area contributed by atoms with E-state index in [-0.39, 0.29) is 60.9 Å². The molecule has 0 bridgehead atoms. The van der Waals surface area contributed by atoms with E-state index in [9.17, 15) is 5.11 Å². The van der Waals surface area contributed by atoms with Crippen LogP contribution in [0.3, 0.4) is 0 Å². The van der Waals surface area contributed by atoms with Gasteiger partial charge in [-0.05, 0) is 76.3 Å². The molecule has 2 aromatic heterocycles. The minimum Gasteiger partial charge on any atom is -0.507 e. The average molecular weight is 920 g/mol. The monoisotopic (exact) mass is 919 g/mol. The second kappa shape index (κ2) is 15.2. The van der Waals surface area contributed by atoms with Gasteiger partial charge in [-0.1, -0.05) is 149 Å². The van der Waals surface area contributed by atoms with E-state index in [1.807, 2.05) is 53.1 Å². The number of benzene rings is 6. The molecule has 0 unspecified atom stereocenters. The van der Waals surface area contributed by atoms with E-state index in [1.54, 1.807) is 48.7 Å². The largest absolute Gasteiger partial charge is 0.507 e. The number of aromatic hydroxyl groups is 1. The number of para-hydroxylation sites is 2. The van der Waals surface area contributed by atoms with Crippen molar-refractivity contribution in [1.29, 1.82) is 0 Å². The van der Waals surface area contributed by atoms with Gasteiger partial charge >= 0.3 is 0 Å². The van der Waals surface area contributed by atoms with Crippen molar-refractivity contribution in [3.63, 3.8) is 0 Å². The van der Waals surface area contributed by atoms with Crippen molar-refractivity contribution in [2.24, 2.45) is 0 Å². The molecular formula is C51H46N3OPt-. The zero-order valence-electron chi connectivity index (χ0n) is 40.1. The van der Waals surface area contributed by atoms with Crippen LogP contribution in [0, 0.1) is 12.9 Å². The van der Waals surface area contributed by atoms with Crippen molar-refractivity contribution in [3.05, 3.63) is 168 Å². The predicted octanol–water partition coefficient (Wildman–Crippen LogP) is 13.2. The second-order valence-electron chi connectivity index (χ2n) is 15.9. The summed E-state index contributed by atoms with van der Waals surface area (Å²) in [6, 6.07) is 35.3. The topological polar surface area (TPSA) is 50.9 Å². The standard InChI is InChI=1S/C51H46N3O.Pt/c1-33-20-25-45(43(28-33)35-21-23-39(24-22-35)50(2,3)4)54-46-18-13-17-41(48(46)53-49(54)42-16-11-12-19-47(42)55)37-29-38(31-40(30-37)51(5,6)7)44-32-36(26-27-52-44)34-14-9-8-10-15-34;/h8-28,30-32,55H,1-7H3;/q-1;/i1D3,8D,9D,10D,14D,15D;. The van der Waals surface area contributed by atoms with E-state index in [0.29, 0.717) is 56.1 Å². The molecule has 0 aliphatic rings. The number of hydrogen-bond acceptors (Lipinski definition) is 3. The third-order valence-corrected chi connectivity index (χ3v) is 9.98. The maximum Gasteiger partial charge on any atom is 0.148 e. The Morgan fingerprint density at radius 2 is 1.38 bits per heavy atom. The van der Waals surface area contributed by atoms with Crippen molar-refractivity contribution in [1.82, 2.24) is 14.5 Å². The van der Waals surface area contributed by atoms with Gasteiger partial charge in [0, 0.05) is 42.6 Å². The Balaban J connectivity index is 0.00000612. The summed E-state index contributed by atoms with van der Waals surface area (Å²) in [6.45, 7) is 10.4. The van der Waals surface area contributed by atoms with Crippen molar-refractivity contribution >= 4 is 11.0 Å². The molecule has 282 valence electrons. The van der Waals surface area contributed by atoms with Crippen molar-refractivity contribution in [2.75, 3.05) is 0 Å². The third-order valence-electron chi connectivity index (χ3n) is 9.98. The fraction of sp³-hybridized carbons (Fsp3) is 0.176. The second-order valence-corrected chi connectivity index (χ2v) is 15.9. The molecule has 8 rings (SSSR count). The third kappa shape index (κ3) is 7.51. The summed E-state index contributed by atoms with van der Waals surface area (Å²) in [5.41, 5.74) is 8.93. The normalized spacial score (nSPS) is 14.0. The molecule has 5 heteroatoms. The van der Waals surface area contributed by atoms with Crippen LogP contribution in [-0.4, -0.2) is 19.6 Å². The zero-order valence-corrected chi connectivity index (χ0v) is 34.3. The number of aryl methyl sites for hydroxylation is 1. The van der Waals surface area contributed by atoms with Gasteiger partial charge in [0.1, 0.15) is 11.6 Å². The van der Waals surface area contributed by atoms with Gasteiger partial charge in [0.25, 0.3) is 0 Å². The molecule has 2 heterocycles. The Hall–Kier alpha value is -5.57. The SMILES string of the molecule is [2H]c1c([2H])c([2H])c(-c2ccnc(-c3[c-]c(-c4cccc5c4nc(-c4ccccc4O)n5-c4ccc(C([2H])([2H])[2H])cc4-c4ccc(C(C)(C)C)cc4)cc(C(C)(C)C)c3)c2)c([2H])c1[2H].[Pt]. The first-order valence-electron chi connectivity index (χ1n) is 22.3. The van der Waals surface area contributed by atoms with Crippen molar-refractivity contribution in [2.45, 2.75) is 59.2 Å². The van der Waals surface area contributed by atoms with Crippen molar-refractivity contribution < 1.29 is 37.1 Å². The molecule has 0 amide bonds. The Morgan fingerprint density at radius 3 is 2.09 bits per heavy atom. The summed E-state index contributed by atoms with van der Waals surface area (Å²) in [5.74, 6) is 0.476. The Bertz CT molecular complexity index is 3060. The molecule has 0 fully saturated rings. The van der Waals surface area contributed by atoms with Crippen LogP contribution in [0.5, 0.6) is 5.75 Å². The molecule has 0 atom stereocenters. The van der Waals surface area contributed by atoms with Gasteiger partial charge in [0.05, 0.1) is 29.1 Å². The smallest absolute Gasteiger partial charge is 0.148 e. The minimum absolute atomic E-state index is 0. The van der Waals surface area contributed by atoms with Crippen LogP contribution in [0.1, 0.15) is 69.2 Å². The Morgan fingerprint density at radius 1 is 0.661 bits per heavy atom. The van der Waals surface area contributed by atoms with E-state index >= 15 is 0 Å². The number of imidazole rings is 1. The van der Waals surface area contributed by atoms with Gasteiger partial charge in [-0.2, -0.15) is 0 Å². The number of aromatic nitrogens is 3. The first-order chi connectivity index (χ1) is 29.6. The molecule has 0 spiro atoms. The molecule has 56 heavy (non-hydrogen) atoms. The summed E-state index contributed by atoms with van der Waals surface area (Å²) in [7, 11) is 0. The molecular weight excluding hydrogens is 866 g/mol. The first kappa shape index (κ1) is 29.7. The van der Waals surface area contributed by atoms with E-state index in [2.05, 4.69) is 65.8 Å². The Kier molecular flexibility index (Phi) is 8.04. The van der Waals surface area contributed by atoms with Crippen LogP contribution in [0.4, 0.5) is 0 Å². The van der Waals surface area contributed by atoms with Gasteiger partial charge in [-0.15, -0.1) is 29.3 Å². The number of fused-ring (bicyclic) bond motifs is 1. The van der Waals surface area contributed by atoms with Crippen molar-refractivity contribution in [3.8, 4) is 67.5 Å². The summed E-state index contributed by atoms with van der Waals surface area (Å²) >= 11 is 0. The average Bonchev–Trinajstić information content (AvgIpc) is 3.63. The number of rotatable bonds is 6. The van der Waals surface area contributed by atoms with Crippen LogP contribution in [0.25, 0.3) is 72.7 Å². The van der Waals surface area contributed by atoms with E-state index in [4.69, 9.17) is 20.9 Å². The molecule has 6 aromatic carbocycles. The number of nitrogens with zero attached hydrogens (tertiary/aromatic N) is 3. The summed E-state index contributed by atoms with van der Waals surface area (Å²) < 4.78 is 68.8. The summed E-state index contributed by atoms with van der Waals surface area (Å²) in [6.07, 6.45) is 1.56. The molecule has 4 nitrogen and oxygen atoms in total. The van der Waals surface area contributed by atoms with Crippen LogP contribution in [0.15, 0.2) is 146 Å². The quantitative estimate of drug-likeness (QED) is 0.169. The molecule has 0 aliphatic heterocycles. The number of hydrogen-bond donors (Lipinski definition) is 1. The van der Waals surface area contributed by atoms with Crippen LogP contribution in [-0.2, 0) is 31.9 Å². The molecule has 0 saturated carbocycles. The summed E-state index contributed by atoms with van der Waals surface area (Å²) in [5, 5.41) is 11.4. The van der Waals surface area contributed by atoms with E-state index in [0.717, 1.165) is 22.3 Å². The van der Waals surface area contributed by atoms with Gasteiger partial charge < -0.3 is 5.11 Å². The van der Waals surface area contributed by atoms with E-state index < -0.39 is 25.0 Å². The van der Waals surface area contributed by atoms with Crippen LogP contribution in [0.2, 0.25) is 0 Å². The number of pyridine rings is 1. The van der Waals surface area contributed by atoms with Gasteiger partial charge in [-0.3, -0.25) is 9.55 Å². The van der Waals surface area contributed by atoms with Gasteiger partial charge in [-0.25, -0.2) is 4.98 Å². The first-order valence-corrected chi connectivity index (χ1v) is 18.3. The fourth-order valence-electron chi connectivity index (χ4n) is 6.93. The molecule has 0 radical (unpaired) electrons. The maximum atomic E-state index is 11.4. The Labute approximate surface area is 356 Å².